The summed E-state index contributed by atoms with van der Waals surface area (Å²) in [4.78, 5) is 32.4. The van der Waals surface area contributed by atoms with Crippen LogP contribution in [0.3, 0.4) is 0 Å². The summed E-state index contributed by atoms with van der Waals surface area (Å²) in [6.07, 6.45) is 7.29. The molecule has 1 heterocycles. The van der Waals surface area contributed by atoms with Crippen LogP contribution in [0.4, 0.5) is 5.69 Å². The van der Waals surface area contributed by atoms with Crippen molar-refractivity contribution >= 4 is 35.0 Å². The van der Waals surface area contributed by atoms with Gasteiger partial charge in [-0.1, -0.05) is 41.6 Å². The Hall–Kier alpha value is -3.56. The molecule has 1 aliphatic carbocycles. The van der Waals surface area contributed by atoms with E-state index in [2.05, 4.69) is 29.4 Å². The van der Waals surface area contributed by atoms with Gasteiger partial charge in [0.1, 0.15) is 19.5 Å². The molecule has 3 unspecified atom stereocenters. The maximum atomic E-state index is 13.2. The van der Waals surface area contributed by atoms with Crippen LogP contribution >= 0.6 is 11.8 Å². The summed E-state index contributed by atoms with van der Waals surface area (Å²) >= 11 is 1.56. The van der Waals surface area contributed by atoms with E-state index in [9.17, 15) is 14.7 Å². The average molecular weight is 537 g/mol. The molecule has 3 atom stereocenters. The molecule has 0 spiro atoms. The molecule has 2 aromatic carbocycles. The SMILES string of the molecule is CCOC(Cc1ccc(OCCN2C(=O)C(C)Sc3ccc(C4C=CC=CC4=NOC)cc32)cc1)C(=O)O. The number of rotatable bonds is 11. The molecule has 8 nitrogen and oxygen atoms in total. The normalized spacial score (nSPS) is 20.3. The molecule has 0 saturated heterocycles. The van der Waals surface area contributed by atoms with Gasteiger partial charge in [-0.25, -0.2) is 4.79 Å². The van der Waals surface area contributed by atoms with Crippen LogP contribution in [0.15, 0.2) is 76.8 Å². The molecule has 9 heteroatoms. The predicted molar refractivity (Wildman–Crippen MR) is 148 cm³/mol. The summed E-state index contributed by atoms with van der Waals surface area (Å²) in [5.74, 6) is -0.353. The number of anilines is 1. The van der Waals surface area contributed by atoms with Crippen molar-refractivity contribution in [1.29, 1.82) is 0 Å². The minimum absolute atomic E-state index is 0.0408. The standard InChI is InChI=1S/C29H32N2O6S/c1-4-36-26(29(33)34)17-20-9-12-22(13-10-20)37-16-15-31-25-18-21(11-14-27(25)38-19(2)28(31)32)23-7-5-6-8-24(23)30-35-3/h5-14,18-19,23,26H,4,15-17H2,1-3H3,(H,33,34). The summed E-state index contributed by atoms with van der Waals surface area (Å²) in [6, 6.07) is 13.5. The Kier molecular flexibility index (Phi) is 9.25. The summed E-state index contributed by atoms with van der Waals surface area (Å²) < 4.78 is 11.2. The second-order valence-electron chi connectivity index (χ2n) is 8.88. The van der Waals surface area contributed by atoms with Crippen molar-refractivity contribution < 1.29 is 29.0 Å². The van der Waals surface area contributed by atoms with Gasteiger partial charge in [0.15, 0.2) is 6.10 Å². The Balaban J connectivity index is 1.45. The Labute approximate surface area is 226 Å². The van der Waals surface area contributed by atoms with Gasteiger partial charge >= 0.3 is 5.97 Å². The van der Waals surface area contributed by atoms with Gasteiger partial charge in [0, 0.05) is 23.8 Å². The Morgan fingerprint density at radius 2 is 1.97 bits per heavy atom. The number of amides is 1. The van der Waals surface area contributed by atoms with Gasteiger partial charge < -0.3 is 24.3 Å². The van der Waals surface area contributed by atoms with Crippen LogP contribution in [0, 0.1) is 0 Å². The molecular weight excluding hydrogens is 504 g/mol. The largest absolute Gasteiger partial charge is 0.492 e. The molecule has 0 bridgehead atoms. The number of oxime groups is 1. The summed E-state index contributed by atoms with van der Waals surface area (Å²) in [5, 5.41) is 13.3. The highest BCUT2D eigenvalue weighted by Crippen LogP contribution is 2.41. The third-order valence-electron chi connectivity index (χ3n) is 6.32. The van der Waals surface area contributed by atoms with Crippen molar-refractivity contribution in [1.82, 2.24) is 0 Å². The number of carboxylic acid groups (broad SMARTS) is 1. The molecule has 1 aliphatic heterocycles. The molecule has 4 rings (SSSR count). The molecule has 38 heavy (non-hydrogen) atoms. The van der Waals surface area contributed by atoms with E-state index in [-0.39, 0.29) is 23.5 Å². The maximum Gasteiger partial charge on any atom is 0.333 e. The molecule has 0 fully saturated rings. The Bertz CT molecular complexity index is 1240. The fraction of sp³-hybridized carbons (Fsp3) is 0.345. The first-order valence-electron chi connectivity index (χ1n) is 12.5. The number of nitrogens with zero attached hydrogens (tertiary/aromatic N) is 2. The minimum atomic E-state index is -0.979. The molecule has 1 amide bonds. The van der Waals surface area contributed by atoms with E-state index >= 15 is 0 Å². The zero-order chi connectivity index (χ0) is 27.1. The lowest BCUT2D eigenvalue weighted by atomic mass is 9.90. The van der Waals surface area contributed by atoms with Crippen molar-refractivity contribution in [2.75, 3.05) is 31.8 Å². The summed E-state index contributed by atoms with van der Waals surface area (Å²) in [5.41, 5.74) is 3.54. The van der Waals surface area contributed by atoms with E-state index in [0.717, 1.165) is 27.4 Å². The van der Waals surface area contributed by atoms with Gasteiger partial charge in [-0.2, -0.15) is 0 Å². The number of carboxylic acids is 1. The lowest BCUT2D eigenvalue weighted by Crippen LogP contribution is -2.42. The number of carbonyl (C=O) groups excluding carboxylic acids is 1. The van der Waals surface area contributed by atoms with Crippen molar-refractivity contribution in [3.8, 4) is 5.75 Å². The first-order chi connectivity index (χ1) is 18.4. The molecular formula is C29H32N2O6S. The molecule has 2 aliphatic rings. The zero-order valence-electron chi connectivity index (χ0n) is 21.7. The number of thioether (sulfide) groups is 1. The third kappa shape index (κ3) is 6.46. The highest BCUT2D eigenvalue weighted by Gasteiger charge is 2.31. The summed E-state index contributed by atoms with van der Waals surface area (Å²) in [6.45, 7) is 4.74. The fourth-order valence-corrected chi connectivity index (χ4v) is 5.51. The molecule has 0 radical (unpaired) electrons. The van der Waals surface area contributed by atoms with Crippen LogP contribution in [-0.4, -0.2) is 60.9 Å². The van der Waals surface area contributed by atoms with Crippen LogP contribution in [0.1, 0.15) is 30.9 Å². The predicted octanol–water partition coefficient (Wildman–Crippen LogP) is 4.84. The van der Waals surface area contributed by atoms with Crippen molar-refractivity contribution in [3.05, 3.63) is 77.9 Å². The Morgan fingerprint density at radius 3 is 2.68 bits per heavy atom. The lowest BCUT2D eigenvalue weighted by molar-refractivity contribution is -0.149. The van der Waals surface area contributed by atoms with Crippen LogP contribution in [0.2, 0.25) is 0 Å². The number of benzene rings is 2. The summed E-state index contributed by atoms with van der Waals surface area (Å²) in [7, 11) is 1.53. The molecule has 2 aromatic rings. The van der Waals surface area contributed by atoms with Crippen LogP contribution in [-0.2, 0) is 25.6 Å². The smallest absolute Gasteiger partial charge is 0.333 e. The highest BCUT2D eigenvalue weighted by molar-refractivity contribution is 8.01. The number of allylic oxidation sites excluding steroid dienone is 4. The number of aliphatic carboxylic acids is 1. The molecule has 200 valence electrons. The van der Waals surface area contributed by atoms with Crippen LogP contribution in [0.5, 0.6) is 5.75 Å². The molecule has 0 aromatic heterocycles. The number of fused-ring (bicyclic) bond motifs is 1. The number of hydrogen-bond donors (Lipinski definition) is 1. The first kappa shape index (κ1) is 27.5. The van der Waals surface area contributed by atoms with Crippen molar-refractivity contribution in [2.45, 2.75) is 42.4 Å². The van der Waals surface area contributed by atoms with E-state index in [4.69, 9.17) is 14.3 Å². The third-order valence-corrected chi connectivity index (χ3v) is 7.47. The van der Waals surface area contributed by atoms with Crippen LogP contribution < -0.4 is 9.64 Å². The second kappa shape index (κ2) is 12.8. The molecule has 1 N–H and O–H groups in total. The topological polar surface area (TPSA) is 97.7 Å². The average Bonchev–Trinajstić information content (AvgIpc) is 2.92. The van der Waals surface area contributed by atoms with Gasteiger partial charge in [-0.05, 0) is 55.3 Å². The fourth-order valence-electron chi connectivity index (χ4n) is 4.46. The lowest BCUT2D eigenvalue weighted by Gasteiger charge is -2.33. The van der Waals surface area contributed by atoms with Crippen molar-refractivity contribution in [3.63, 3.8) is 0 Å². The number of carbonyl (C=O) groups is 2. The quantitative estimate of drug-likeness (QED) is 0.411. The van der Waals surface area contributed by atoms with Gasteiger partial charge in [-0.15, -0.1) is 11.8 Å². The van der Waals surface area contributed by atoms with Crippen LogP contribution in [0.25, 0.3) is 0 Å². The number of hydrogen-bond acceptors (Lipinski definition) is 7. The van der Waals surface area contributed by atoms with Gasteiger partial charge in [0.05, 0.1) is 23.2 Å². The Morgan fingerprint density at radius 1 is 1.18 bits per heavy atom. The minimum Gasteiger partial charge on any atom is -0.492 e. The maximum absolute atomic E-state index is 13.2. The van der Waals surface area contributed by atoms with Gasteiger partial charge in [0.2, 0.25) is 5.91 Å². The monoisotopic (exact) mass is 536 g/mol. The van der Waals surface area contributed by atoms with E-state index < -0.39 is 12.1 Å². The number of ether oxygens (including phenoxy) is 2. The van der Waals surface area contributed by atoms with E-state index in [0.29, 0.717) is 25.5 Å². The second-order valence-corrected chi connectivity index (χ2v) is 10.3. The van der Waals surface area contributed by atoms with Gasteiger partial charge in [-0.3, -0.25) is 4.79 Å². The zero-order valence-corrected chi connectivity index (χ0v) is 22.5. The highest BCUT2D eigenvalue weighted by atomic mass is 32.2. The van der Waals surface area contributed by atoms with E-state index in [1.54, 1.807) is 23.6 Å². The van der Waals surface area contributed by atoms with E-state index in [1.165, 1.54) is 7.11 Å². The molecule has 0 saturated carbocycles. The van der Waals surface area contributed by atoms with Crippen molar-refractivity contribution in [2.24, 2.45) is 5.16 Å². The van der Waals surface area contributed by atoms with Gasteiger partial charge in [0.25, 0.3) is 0 Å². The first-order valence-corrected chi connectivity index (χ1v) is 13.4. The van der Waals surface area contributed by atoms with E-state index in [1.807, 2.05) is 49.4 Å².